The molecule has 0 bridgehead atoms. The molecular formula is C11H18N2O4. The van der Waals surface area contributed by atoms with Crippen molar-refractivity contribution >= 4 is 17.9 Å². The zero-order valence-corrected chi connectivity index (χ0v) is 10.8. The fourth-order valence-corrected chi connectivity index (χ4v) is 1.46. The molecule has 0 aromatic rings. The molecule has 1 saturated heterocycles. The first-order valence-corrected chi connectivity index (χ1v) is 5.39. The van der Waals surface area contributed by atoms with Crippen molar-refractivity contribution in [1.82, 2.24) is 10.2 Å². The molecule has 0 aliphatic carbocycles. The number of rotatable bonds is 2. The van der Waals surface area contributed by atoms with Crippen molar-refractivity contribution in [2.75, 3.05) is 6.54 Å². The van der Waals surface area contributed by atoms with Crippen molar-refractivity contribution in [2.45, 2.75) is 45.8 Å². The van der Waals surface area contributed by atoms with E-state index in [4.69, 9.17) is 4.74 Å². The van der Waals surface area contributed by atoms with Gasteiger partial charge in [0, 0.05) is 0 Å². The third-order valence-electron chi connectivity index (χ3n) is 2.15. The number of hydrogen-bond donors (Lipinski definition) is 1. The minimum atomic E-state index is -0.959. The summed E-state index contributed by atoms with van der Waals surface area (Å²) < 4.78 is 5.05. The van der Waals surface area contributed by atoms with Gasteiger partial charge in [0.25, 0.3) is 5.91 Å². The first-order chi connectivity index (χ1) is 7.53. The number of ether oxygens (including phenoxy) is 1. The van der Waals surface area contributed by atoms with Gasteiger partial charge in [-0.05, 0) is 34.6 Å². The van der Waals surface area contributed by atoms with Gasteiger partial charge in [0.15, 0.2) is 0 Å². The molecule has 1 heterocycles. The number of carbonyl (C=O) groups excluding carboxylic acids is 3. The Balaban J connectivity index is 2.67. The van der Waals surface area contributed by atoms with Crippen LogP contribution in [0.2, 0.25) is 0 Å². The Kier molecular flexibility index (Phi) is 3.18. The highest BCUT2D eigenvalue weighted by Crippen LogP contribution is 2.17. The minimum Gasteiger partial charge on any atom is -0.459 e. The molecule has 6 heteroatoms. The average Bonchev–Trinajstić information content (AvgIpc) is 2.24. The van der Waals surface area contributed by atoms with Gasteiger partial charge in [0.2, 0.25) is 0 Å². The Bertz CT molecular complexity index is 368. The molecule has 96 valence electrons. The summed E-state index contributed by atoms with van der Waals surface area (Å²) in [6.45, 7) is 7.98. The highest BCUT2D eigenvalue weighted by molar-refractivity contribution is 6.08. The maximum atomic E-state index is 11.8. The molecule has 0 atom stereocenters. The number of hydrogen-bond acceptors (Lipinski definition) is 4. The maximum Gasteiger partial charge on any atom is 0.326 e. The molecule has 0 unspecified atom stereocenters. The van der Waals surface area contributed by atoms with Crippen LogP contribution in [0.4, 0.5) is 4.79 Å². The van der Waals surface area contributed by atoms with Crippen LogP contribution in [0, 0.1) is 0 Å². The van der Waals surface area contributed by atoms with E-state index in [0.717, 1.165) is 4.90 Å². The lowest BCUT2D eigenvalue weighted by Crippen LogP contribution is -2.42. The molecule has 1 N–H and O–H groups in total. The molecule has 1 fully saturated rings. The van der Waals surface area contributed by atoms with E-state index in [0.29, 0.717) is 0 Å². The van der Waals surface area contributed by atoms with Crippen LogP contribution in [0.1, 0.15) is 34.6 Å². The summed E-state index contributed by atoms with van der Waals surface area (Å²) in [5.41, 5.74) is -1.59. The van der Waals surface area contributed by atoms with Gasteiger partial charge in [-0.2, -0.15) is 0 Å². The summed E-state index contributed by atoms with van der Waals surface area (Å²) in [7, 11) is 0. The lowest BCUT2D eigenvalue weighted by Gasteiger charge is -2.21. The Hall–Kier alpha value is -1.59. The van der Waals surface area contributed by atoms with E-state index < -0.39 is 29.0 Å². The molecule has 1 aliphatic heterocycles. The van der Waals surface area contributed by atoms with Crippen LogP contribution < -0.4 is 5.32 Å². The Morgan fingerprint density at radius 1 is 1.35 bits per heavy atom. The molecular weight excluding hydrogens is 224 g/mol. The fourth-order valence-electron chi connectivity index (χ4n) is 1.46. The summed E-state index contributed by atoms with van der Waals surface area (Å²) in [5.74, 6) is -1.02. The predicted molar refractivity (Wildman–Crippen MR) is 60.2 cm³/mol. The molecule has 1 rings (SSSR count). The van der Waals surface area contributed by atoms with Crippen LogP contribution in [0.25, 0.3) is 0 Å². The third-order valence-corrected chi connectivity index (χ3v) is 2.15. The van der Waals surface area contributed by atoms with Gasteiger partial charge in [-0.1, -0.05) is 0 Å². The number of nitrogens with one attached hydrogen (secondary N) is 1. The van der Waals surface area contributed by atoms with Crippen LogP contribution in [0.15, 0.2) is 0 Å². The third kappa shape index (κ3) is 3.18. The second-order valence-electron chi connectivity index (χ2n) is 5.53. The van der Waals surface area contributed by atoms with Gasteiger partial charge < -0.3 is 10.1 Å². The van der Waals surface area contributed by atoms with Crippen molar-refractivity contribution in [2.24, 2.45) is 0 Å². The predicted octanol–water partition coefficient (Wildman–Crippen LogP) is 0.658. The fraction of sp³-hybridized carbons (Fsp3) is 0.727. The lowest BCUT2D eigenvalue weighted by atomic mass is 10.1. The van der Waals surface area contributed by atoms with Crippen LogP contribution in [-0.4, -0.2) is 40.5 Å². The molecule has 6 nitrogen and oxygen atoms in total. The number of esters is 1. The van der Waals surface area contributed by atoms with E-state index in [1.165, 1.54) is 0 Å². The normalized spacial score (nSPS) is 19.2. The average molecular weight is 242 g/mol. The smallest absolute Gasteiger partial charge is 0.326 e. The number of nitrogens with zero attached hydrogens (tertiary/aromatic N) is 1. The van der Waals surface area contributed by atoms with Gasteiger partial charge in [-0.3, -0.25) is 14.5 Å². The zero-order valence-electron chi connectivity index (χ0n) is 10.8. The molecule has 3 amide bonds. The minimum absolute atomic E-state index is 0.356. The number of urea groups is 1. The Morgan fingerprint density at radius 3 is 2.24 bits per heavy atom. The zero-order chi connectivity index (χ0) is 13.4. The highest BCUT2D eigenvalue weighted by atomic mass is 16.6. The van der Waals surface area contributed by atoms with E-state index in [2.05, 4.69) is 5.32 Å². The van der Waals surface area contributed by atoms with E-state index in [1.54, 1.807) is 34.6 Å². The Morgan fingerprint density at radius 2 is 1.88 bits per heavy atom. The molecule has 17 heavy (non-hydrogen) atoms. The summed E-state index contributed by atoms with van der Waals surface area (Å²) in [6, 6.07) is -0.564. The second-order valence-corrected chi connectivity index (χ2v) is 5.53. The van der Waals surface area contributed by atoms with Crippen LogP contribution in [-0.2, 0) is 14.3 Å². The first kappa shape index (κ1) is 13.5. The number of amides is 3. The molecule has 0 aromatic carbocycles. The topological polar surface area (TPSA) is 75.7 Å². The van der Waals surface area contributed by atoms with Crippen LogP contribution in [0.3, 0.4) is 0 Å². The lowest BCUT2D eigenvalue weighted by molar-refractivity contribution is -0.157. The standard InChI is InChI=1S/C11H18N2O4/c1-10(2,3)17-7(14)6-13-8(15)11(4,5)12-9(13)16/h6H2,1-5H3,(H,12,16). The van der Waals surface area contributed by atoms with Crippen molar-refractivity contribution in [3.63, 3.8) is 0 Å². The summed E-state index contributed by atoms with van der Waals surface area (Å²) in [5, 5.41) is 2.49. The molecule has 1 aliphatic rings. The van der Waals surface area contributed by atoms with E-state index >= 15 is 0 Å². The van der Waals surface area contributed by atoms with Crippen molar-refractivity contribution < 1.29 is 19.1 Å². The highest BCUT2D eigenvalue weighted by Gasteiger charge is 2.45. The quantitative estimate of drug-likeness (QED) is 0.570. The largest absolute Gasteiger partial charge is 0.459 e. The van der Waals surface area contributed by atoms with Gasteiger partial charge in [0.1, 0.15) is 17.7 Å². The first-order valence-electron chi connectivity index (χ1n) is 5.39. The van der Waals surface area contributed by atoms with Crippen molar-refractivity contribution in [3.8, 4) is 0 Å². The number of imide groups is 1. The molecule has 0 spiro atoms. The maximum absolute atomic E-state index is 11.8. The van der Waals surface area contributed by atoms with Gasteiger partial charge in [0.05, 0.1) is 0 Å². The molecule has 0 radical (unpaired) electrons. The molecule has 0 saturated carbocycles. The van der Waals surface area contributed by atoms with E-state index in [-0.39, 0.29) is 6.54 Å². The molecule has 0 aromatic heterocycles. The number of carbonyl (C=O) groups is 3. The van der Waals surface area contributed by atoms with Gasteiger partial charge in [-0.25, -0.2) is 4.79 Å². The van der Waals surface area contributed by atoms with Gasteiger partial charge in [-0.15, -0.1) is 0 Å². The summed E-state index contributed by atoms with van der Waals surface area (Å²) in [6.07, 6.45) is 0. The van der Waals surface area contributed by atoms with Crippen molar-refractivity contribution in [1.29, 1.82) is 0 Å². The van der Waals surface area contributed by atoms with E-state index in [1.807, 2.05) is 0 Å². The van der Waals surface area contributed by atoms with E-state index in [9.17, 15) is 14.4 Å². The SMILES string of the molecule is CC(C)(C)OC(=O)CN1C(=O)NC(C)(C)C1=O. The van der Waals surface area contributed by atoms with Crippen LogP contribution in [0.5, 0.6) is 0 Å². The van der Waals surface area contributed by atoms with Crippen LogP contribution >= 0.6 is 0 Å². The summed E-state index contributed by atoms with van der Waals surface area (Å²) >= 11 is 0. The second kappa shape index (κ2) is 4.01. The van der Waals surface area contributed by atoms with Gasteiger partial charge >= 0.3 is 12.0 Å². The monoisotopic (exact) mass is 242 g/mol. The Labute approximate surface area is 100 Å². The van der Waals surface area contributed by atoms with Crippen molar-refractivity contribution in [3.05, 3.63) is 0 Å². The summed E-state index contributed by atoms with van der Waals surface area (Å²) in [4.78, 5) is 35.7.